The molecule has 0 radical (unpaired) electrons. The summed E-state index contributed by atoms with van der Waals surface area (Å²) >= 11 is 0. The van der Waals surface area contributed by atoms with Crippen LogP contribution in [0.5, 0.6) is 11.5 Å². The lowest BCUT2D eigenvalue weighted by atomic mass is 9.97. The van der Waals surface area contributed by atoms with Crippen molar-refractivity contribution in [2.24, 2.45) is 0 Å². The average molecular weight is 179 g/mol. The van der Waals surface area contributed by atoms with E-state index in [0.717, 1.165) is 18.5 Å². The average Bonchev–Trinajstić information content (AvgIpc) is 2.05. The molecule has 0 aromatic heterocycles. The molecule has 0 saturated carbocycles. The van der Waals surface area contributed by atoms with Gasteiger partial charge in [0.05, 0.1) is 7.11 Å². The van der Waals surface area contributed by atoms with Crippen molar-refractivity contribution in [2.75, 3.05) is 13.7 Å². The summed E-state index contributed by atoms with van der Waals surface area (Å²) in [7, 11) is 1.56. The number of aromatic hydroxyl groups is 1. The van der Waals surface area contributed by atoms with Gasteiger partial charge in [0.25, 0.3) is 0 Å². The van der Waals surface area contributed by atoms with Crippen LogP contribution in [0.1, 0.15) is 18.0 Å². The molecule has 13 heavy (non-hydrogen) atoms. The number of hydrogen-bond donors (Lipinski definition) is 2. The predicted molar refractivity (Wildman–Crippen MR) is 50.0 cm³/mol. The zero-order valence-electron chi connectivity index (χ0n) is 7.58. The Morgan fingerprint density at radius 1 is 1.54 bits per heavy atom. The molecule has 0 aliphatic carbocycles. The van der Waals surface area contributed by atoms with Crippen LogP contribution in [-0.2, 0) is 0 Å². The molecule has 1 aromatic rings. The Kier molecular flexibility index (Phi) is 2.10. The number of para-hydroxylation sites is 1. The second kappa shape index (κ2) is 3.26. The molecule has 1 fully saturated rings. The Hall–Kier alpha value is -1.22. The zero-order chi connectivity index (χ0) is 9.26. The molecule has 1 aromatic carbocycles. The van der Waals surface area contributed by atoms with Gasteiger partial charge in [-0.15, -0.1) is 0 Å². The minimum atomic E-state index is 0.266. The second-order valence-electron chi connectivity index (χ2n) is 3.19. The van der Waals surface area contributed by atoms with Crippen LogP contribution in [-0.4, -0.2) is 18.8 Å². The first-order chi connectivity index (χ1) is 6.33. The van der Waals surface area contributed by atoms with Crippen molar-refractivity contribution < 1.29 is 9.84 Å². The summed E-state index contributed by atoms with van der Waals surface area (Å²) < 4.78 is 5.03. The maximum absolute atomic E-state index is 9.76. The van der Waals surface area contributed by atoms with Crippen LogP contribution >= 0.6 is 0 Å². The third kappa shape index (κ3) is 1.35. The van der Waals surface area contributed by atoms with Gasteiger partial charge in [-0.25, -0.2) is 0 Å². The number of rotatable bonds is 2. The van der Waals surface area contributed by atoms with E-state index in [1.165, 1.54) is 0 Å². The van der Waals surface area contributed by atoms with E-state index in [1.54, 1.807) is 13.2 Å². The third-order valence-corrected chi connectivity index (χ3v) is 2.45. The molecule has 1 aliphatic heterocycles. The molecule has 2 N–H and O–H groups in total. The van der Waals surface area contributed by atoms with Crippen molar-refractivity contribution in [3.63, 3.8) is 0 Å². The van der Waals surface area contributed by atoms with Crippen LogP contribution in [0.2, 0.25) is 0 Å². The molecule has 1 heterocycles. The first-order valence-electron chi connectivity index (χ1n) is 4.42. The highest BCUT2D eigenvalue weighted by atomic mass is 16.5. The number of hydrogen-bond acceptors (Lipinski definition) is 3. The van der Waals surface area contributed by atoms with Gasteiger partial charge in [-0.1, -0.05) is 12.1 Å². The second-order valence-corrected chi connectivity index (χ2v) is 3.19. The van der Waals surface area contributed by atoms with E-state index in [2.05, 4.69) is 5.32 Å². The molecule has 3 nitrogen and oxygen atoms in total. The number of nitrogens with one attached hydrogen (secondary N) is 1. The lowest BCUT2D eigenvalue weighted by Crippen LogP contribution is -2.34. The normalized spacial score (nSPS) is 20.8. The fourth-order valence-corrected chi connectivity index (χ4v) is 1.54. The zero-order valence-corrected chi connectivity index (χ0v) is 7.58. The van der Waals surface area contributed by atoms with Crippen molar-refractivity contribution in [1.82, 2.24) is 5.32 Å². The number of phenolic OH excluding ortho intramolecular Hbond substituents is 1. The first-order valence-corrected chi connectivity index (χ1v) is 4.42. The predicted octanol–water partition coefficient (Wildman–Crippen LogP) is 1.44. The van der Waals surface area contributed by atoms with Crippen LogP contribution in [0, 0.1) is 0 Å². The van der Waals surface area contributed by atoms with Crippen LogP contribution in [0.4, 0.5) is 0 Å². The molecule has 0 bridgehead atoms. The van der Waals surface area contributed by atoms with Crippen molar-refractivity contribution in [2.45, 2.75) is 12.5 Å². The topological polar surface area (TPSA) is 41.5 Å². The Labute approximate surface area is 77.3 Å². The van der Waals surface area contributed by atoms with Gasteiger partial charge in [0.1, 0.15) is 0 Å². The summed E-state index contributed by atoms with van der Waals surface area (Å²) in [5.74, 6) is 0.813. The molecule has 3 heteroatoms. The Bertz CT molecular complexity index is 308. The molecule has 70 valence electrons. The van der Waals surface area contributed by atoms with Gasteiger partial charge in [0.15, 0.2) is 11.5 Å². The van der Waals surface area contributed by atoms with E-state index in [1.807, 2.05) is 12.1 Å². The third-order valence-electron chi connectivity index (χ3n) is 2.45. The number of methoxy groups -OCH3 is 1. The van der Waals surface area contributed by atoms with E-state index in [-0.39, 0.29) is 5.75 Å². The van der Waals surface area contributed by atoms with Gasteiger partial charge >= 0.3 is 0 Å². The fourth-order valence-electron chi connectivity index (χ4n) is 1.54. The van der Waals surface area contributed by atoms with E-state index < -0.39 is 0 Å². The number of phenols is 1. The lowest BCUT2D eigenvalue weighted by Gasteiger charge is -2.28. The van der Waals surface area contributed by atoms with Crippen LogP contribution in [0.15, 0.2) is 18.2 Å². The SMILES string of the molecule is COc1cccc([C@H]2CCN2)c1O. The Morgan fingerprint density at radius 2 is 2.31 bits per heavy atom. The highest BCUT2D eigenvalue weighted by Gasteiger charge is 2.22. The van der Waals surface area contributed by atoms with Gasteiger partial charge in [-0.3, -0.25) is 0 Å². The van der Waals surface area contributed by atoms with Gasteiger partial charge in [0, 0.05) is 11.6 Å². The maximum atomic E-state index is 9.76. The van der Waals surface area contributed by atoms with Gasteiger partial charge in [-0.05, 0) is 19.0 Å². The molecular formula is C10H13NO2. The smallest absolute Gasteiger partial charge is 0.162 e. The van der Waals surface area contributed by atoms with E-state index in [4.69, 9.17) is 4.74 Å². The van der Waals surface area contributed by atoms with Gasteiger partial charge < -0.3 is 15.2 Å². The molecule has 1 atom stereocenters. The van der Waals surface area contributed by atoms with Crippen LogP contribution in [0.25, 0.3) is 0 Å². The largest absolute Gasteiger partial charge is 0.504 e. The highest BCUT2D eigenvalue weighted by Crippen LogP contribution is 2.36. The Morgan fingerprint density at radius 3 is 2.85 bits per heavy atom. The molecule has 0 spiro atoms. The summed E-state index contributed by atoms with van der Waals surface area (Å²) in [5.41, 5.74) is 0.936. The van der Waals surface area contributed by atoms with Crippen molar-refractivity contribution in [3.8, 4) is 11.5 Å². The van der Waals surface area contributed by atoms with Crippen molar-refractivity contribution in [3.05, 3.63) is 23.8 Å². The summed E-state index contributed by atoms with van der Waals surface area (Å²) in [5, 5.41) is 13.0. The summed E-state index contributed by atoms with van der Waals surface area (Å²) in [4.78, 5) is 0. The fraction of sp³-hybridized carbons (Fsp3) is 0.400. The molecule has 0 unspecified atom stereocenters. The molecule has 1 saturated heterocycles. The van der Waals surface area contributed by atoms with E-state index in [9.17, 15) is 5.11 Å². The molecule has 0 amide bonds. The molecule has 2 rings (SSSR count). The van der Waals surface area contributed by atoms with E-state index >= 15 is 0 Å². The standard InChI is InChI=1S/C10H13NO2/c1-13-9-4-2-3-7(10(9)12)8-5-6-11-8/h2-4,8,11-12H,5-6H2,1H3/t8-/m1/s1. The Balaban J connectivity index is 2.33. The highest BCUT2D eigenvalue weighted by molar-refractivity contribution is 5.47. The maximum Gasteiger partial charge on any atom is 0.162 e. The van der Waals surface area contributed by atoms with Gasteiger partial charge in [-0.2, -0.15) is 0 Å². The molecule has 1 aliphatic rings. The quantitative estimate of drug-likeness (QED) is 0.721. The summed E-state index contributed by atoms with van der Waals surface area (Å²) in [6.45, 7) is 1.03. The van der Waals surface area contributed by atoms with Crippen LogP contribution < -0.4 is 10.1 Å². The van der Waals surface area contributed by atoms with Crippen molar-refractivity contribution in [1.29, 1.82) is 0 Å². The first kappa shape index (κ1) is 8.38. The monoisotopic (exact) mass is 179 g/mol. The minimum absolute atomic E-state index is 0.266. The minimum Gasteiger partial charge on any atom is -0.504 e. The summed E-state index contributed by atoms with van der Waals surface area (Å²) in [6, 6.07) is 5.88. The van der Waals surface area contributed by atoms with Crippen LogP contribution in [0.3, 0.4) is 0 Å². The lowest BCUT2D eigenvalue weighted by molar-refractivity contribution is 0.342. The molecular weight excluding hydrogens is 166 g/mol. The van der Waals surface area contributed by atoms with Gasteiger partial charge in [0.2, 0.25) is 0 Å². The van der Waals surface area contributed by atoms with E-state index in [0.29, 0.717) is 11.8 Å². The van der Waals surface area contributed by atoms with Crippen molar-refractivity contribution >= 4 is 0 Å². The number of benzene rings is 1. The number of ether oxygens (including phenoxy) is 1. The summed E-state index contributed by atoms with van der Waals surface area (Å²) in [6.07, 6.45) is 1.08.